The average Bonchev–Trinajstić information content (AvgIpc) is 3.51. The topological polar surface area (TPSA) is 117 Å². The molecule has 0 saturated carbocycles. The Morgan fingerprint density at radius 1 is 0.923 bits per heavy atom. The van der Waals surface area contributed by atoms with Crippen LogP contribution in [-0.4, -0.2) is 137 Å². The molecule has 280 valence electrons. The maximum absolute atomic E-state index is 14.1. The van der Waals surface area contributed by atoms with Gasteiger partial charge in [0.1, 0.15) is 0 Å². The van der Waals surface area contributed by atoms with Gasteiger partial charge in [-0.05, 0) is 74.9 Å². The number of aromatic nitrogens is 2. The number of aryl methyl sites for hydroxylation is 1. The molecule has 12 nitrogen and oxygen atoms in total. The number of hydrogen-bond donors (Lipinski definition) is 2. The lowest BCUT2D eigenvalue weighted by molar-refractivity contribution is -0.144. The van der Waals surface area contributed by atoms with E-state index in [4.69, 9.17) is 4.74 Å². The van der Waals surface area contributed by atoms with Crippen LogP contribution in [0, 0.1) is 6.92 Å². The lowest BCUT2D eigenvalue weighted by Crippen LogP contribution is -2.54. The first-order valence-corrected chi connectivity index (χ1v) is 18.3. The van der Waals surface area contributed by atoms with Crippen LogP contribution in [0.1, 0.15) is 48.2 Å². The van der Waals surface area contributed by atoms with E-state index >= 15 is 0 Å². The van der Waals surface area contributed by atoms with Crippen LogP contribution in [0.3, 0.4) is 0 Å². The van der Waals surface area contributed by atoms with Gasteiger partial charge < -0.3 is 34.6 Å². The summed E-state index contributed by atoms with van der Waals surface area (Å²) in [4.78, 5) is 57.1. The maximum atomic E-state index is 14.1. The first-order valence-electron chi connectivity index (χ1n) is 18.3. The fraction of sp³-hybridized carbons (Fsp3) is 0.568. The van der Waals surface area contributed by atoms with E-state index in [0.29, 0.717) is 62.7 Å². The minimum absolute atomic E-state index is 0.00107. The summed E-state index contributed by atoms with van der Waals surface area (Å²) in [6, 6.07) is 11.2. The second-order valence-corrected chi connectivity index (χ2v) is 14.6. The fourth-order valence-electron chi connectivity index (χ4n) is 8.14. The molecule has 5 heterocycles. The highest BCUT2D eigenvalue weighted by Crippen LogP contribution is 2.31. The highest BCUT2D eigenvalue weighted by molar-refractivity contribution is 5.91. The summed E-state index contributed by atoms with van der Waals surface area (Å²) in [5, 5.41) is 3.02. The molecule has 3 aromatic rings. The summed E-state index contributed by atoms with van der Waals surface area (Å²) < 4.78 is 46.4. The number of benzene rings is 2. The summed E-state index contributed by atoms with van der Waals surface area (Å²) in [6.45, 7) is 8.05. The quantitative estimate of drug-likeness (QED) is 0.378. The number of para-hydroxylation sites is 1. The number of H-pyrrole nitrogens is 1. The lowest BCUT2D eigenvalue weighted by atomic mass is 9.99. The van der Waals surface area contributed by atoms with E-state index in [1.807, 2.05) is 29.2 Å². The molecular weight excluding hydrogens is 677 g/mol. The van der Waals surface area contributed by atoms with Gasteiger partial charge in [0.25, 0.3) is 5.91 Å². The predicted molar refractivity (Wildman–Crippen MR) is 189 cm³/mol. The van der Waals surface area contributed by atoms with Crippen molar-refractivity contribution in [2.45, 2.75) is 69.8 Å². The Morgan fingerprint density at radius 3 is 2.31 bits per heavy atom. The molecule has 0 spiro atoms. The fourth-order valence-corrected chi connectivity index (χ4v) is 8.14. The number of alkyl halides is 3. The minimum atomic E-state index is -4.63. The molecule has 1 atom stereocenters. The van der Waals surface area contributed by atoms with E-state index in [0.717, 1.165) is 56.7 Å². The summed E-state index contributed by atoms with van der Waals surface area (Å²) in [7, 11) is 2.12. The first kappa shape index (κ1) is 36.0. The highest BCUT2D eigenvalue weighted by atomic mass is 19.4. The summed E-state index contributed by atoms with van der Waals surface area (Å²) in [5.41, 5.74) is 3.40. The number of likely N-dealkylation sites (tertiary alicyclic amines) is 2. The third-order valence-electron chi connectivity index (χ3n) is 11.2. The van der Waals surface area contributed by atoms with Gasteiger partial charge >= 0.3 is 18.3 Å². The van der Waals surface area contributed by atoms with Crippen molar-refractivity contribution in [1.29, 1.82) is 0 Å². The molecule has 4 amide bonds. The van der Waals surface area contributed by atoms with Crippen molar-refractivity contribution < 1.29 is 32.3 Å². The first-order chi connectivity index (χ1) is 24.9. The molecule has 1 unspecified atom stereocenters. The van der Waals surface area contributed by atoms with Gasteiger partial charge in [-0.3, -0.25) is 9.69 Å². The molecule has 3 saturated heterocycles. The van der Waals surface area contributed by atoms with Crippen LogP contribution < -0.4 is 5.32 Å². The number of carbonyl (C=O) groups is 3. The van der Waals surface area contributed by atoms with E-state index in [1.165, 1.54) is 6.07 Å². The van der Waals surface area contributed by atoms with E-state index in [2.05, 4.69) is 32.1 Å². The van der Waals surface area contributed by atoms with Gasteiger partial charge in [-0.1, -0.05) is 24.3 Å². The van der Waals surface area contributed by atoms with Gasteiger partial charge in [-0.15, -0.1) is 0 Å². The number of nitrogens with one attached hydrogen (secondary N) is 2. The number of imidazole rings is 1. The Kier molecular flexibility index (Phi) is 10.3. The molecule has 7 rings (SSSR count). The Morgan fingerprint density at radius 2 is 1.60 bits per heavy atom. The number of carbonyl (C=O) groups excluding carboxylic acids is 3. The predicted octanol–water partition coefficient (Wildman–Crippen LogP) is 4.73. The third kappa shape index (κ3) is 7.85. The van der Waals surface area contributed by atoms with Crippen molar-refractivity contribution in [2.75, 3.05) is 71.3 Å². The number of rotatable bonds is 6. The number of halogens is 3. The van der Waals surface area contributed by atoms with Gasteiger partial charge in [0.05, 0.1) is 11.0 Å². The molecule has 15 heteroatoms. The number of fused-ring (bicyclic) bond motifs is 2. The number of hydrogen-bond acceptors (Lipinski definition) is 7. The molecule has 3 fully saturated rings. The number of amides is 4. The zero-order valence-electron chi connectivity index (χ0n) is 29.8. The molecule has 4 aliphatic rings. The van der Waals surface area contributed by atoms with Crippen LogP contribution in [0.5, 0.6) is 0 Å². The van der Waals surface area contributed by atoms with E-state index in [9.17, 15) is 27.6 Å². The van der Waals surface area contributed by atoms with Crippen LogP contribution in [0.15, 0.2) is 36.4 Å². The van der Waals surface area contributed by atoms with Crippen molar-refractivity contribution in [2.24, 2.45) is 0 Å². The zero-order valence-corrected chi connectivity index (χ0v) is 29.8. The van der Waals surface area contributed by atoms with Crippen molar-refractivity contribution in [3.8, 4) is 0 Å². The largest absolute Gasteiger partial charge is 0.449 e. The zero-order chi connectivity index (χ0) is 36.6. The van der Waals surface area contributed by atoms with E-state index < -0.39 is 24.2 Å². The van der Waals surface area contributed by atoms with Crippen molar-refractivity contribution in [3.63, 3.8) is 0 Å². The molecule has 1 aromatic heterocycles. The van der Waals surface area contributed by atoms with Crippen LogP contribution >= 0.6 is 0 Å². The number of piperidine rings is 2. The Balaban J connectivity index is 1.03. The normalized spacial score (nSPS) is 20.8. The SMILES string of the molecule is Cc1cc(CC(OC(=O)N2CCC(N3CCc4ccccc4NC3=O)CC2)C(=O)N2CCC(N3CCN(C)CC3)CC2)cc2nc(C(F)(F)F)[nH]c12. The molecule has 52 heavy (non-hydrogen) atoms. The minimum Gasteiger partial charge on any atom is -0.436 e. The number of anilines is 1. The monoisotopic (exact) mass is 724 g/mol. The van der Waals surface area contributed by atoms with Crippen LogP contribution in [0.25, 0.3) is 11.0 Å². The van der Waals surface area contributed by atoms with E-state index in [1.54, 1.807) is 22.8 Å². The van der Waals surface area contributed by atoms with Gasteiger partial charge in [-0.2, -0.15) is 13.2 Å². The molecule has 0 aliphatic carbocycles. The average molecular weight is 725 g/mol. The number of likely N-dealkylation sites (N-methyl/N-ethyl adjacent to an activating group) is 1. The van der Waals surface area contributed by atoms with Crippen molar-refractivity contribution >= 4 is 34.8 Å². The third-order valence-corrected chi connectivity index (χ3v) is 11.2. The Hall–Kier alpha value is -4.37. The van der Waals surface area contributed by atoms with E-state index in [-0.39, 0.29) is 35.4 Å². The Labute approximate surface area is 301 Å². The van der Waals surface area contributed by atoms with Gasteiger partial charge in [0.2, 0.25) is 5.82 Å². The van der Waals surface area contributed by atoms with Crippen LogP contribution in [-0.2, 0) is 28.5 Å². The maximum Gasteiger partial charge on any atom is 0.449 e. The number of urea groups is 1. The van der Waals surface area contributed by atoms with Crippen molar-refractivity contribution in [1.82, 2.24) is 34.5 Å². The number of piperazine rings is 1. The molecule has 2 aromatic carbocycles. The second-order valence-electron chi connectivity index (χ2n) is 14.6. The molecule has 2 N–H and O–H groups in total. The van der Waals surface area contributed by atoms with Crippen LogP contribution in [0.2, 0.25) is 0 Å². The van der Waals surface area contributed by atoms with Gasteiger partial charge in [0, 0.05) is 83.1 Å². The highest BCUT2D eigenvalue weighted by Gasteiger charge is 2.38. The molecular formula is C37H47F3N8O4. The van der Waals surface area contributed by atoms with Crippen molar-refractivity contribution in [3.05, 3.63) is 58.9 Å². The molecule has 0 radical (unpaired) electrons. The van der Waals surface area contributed by atoms with Gasteiger partial charge in [0.15, 0.2) is 6.10 Å². The lowest BCUT2D eigenvalue weighted by Gasteiger charge is -2.42. The second kappa shape index (κ2) is 14.9. The number of aromatic amines is 1. The molecule has 0 bridgehead atoms. The smallest absolute Gasteiger partial charge is 0.436 e. The number of ether oxygens (including phenoxy) is 1. The summed E-state index contributed by atoms with van der Waals surface area (Å²) >= 11 is 0. The standard InChI is InChI=1S/C37H47F3N8O4/c1-24-21-25(22-30-32(24)43-34(41-30)37(38,39)40)23-31(33(49)46-12-8-27(9-13-46)45-19-17-44(2)18-20-45)52-36(51)47-14-10-28(11-15-47)48-16-7-26-5-3-4-6-29(26)42-35(48)50/h3-6,21-22,27-28,31H,7-20,23H2,1-2H3,(H,41,43)(H,42,50). The summed E-state index contributed by atoms with van der Waals surface area (Å²) in [6.07, 6.45) is -2.93. The van der Waals surface area contributed by atoms with Gasteiger partial charge in [-0.25, -0.2) is 14.6 Å². The molecule has 4 aliphatic heterocycles. The van der Waals surface area contributed by atoms with Crippen LogP contribution in [0.4, 0.5) is 28.4 Å². The summed E-state index contributed by atoms with van der Waals surface area (Å²) in [5.74, 6) is -1.40. The Bertz CT molecular complexity index is 1780. The number of nitrogens with zero attached hydrogens (tertiary/aromatic N) is 6.